The van der Waals surface area contributed by atoms with Crippen LogP contribution in [0.1, 0.15) is 47.5 Å². The van der Waals surface area contributed by atoms with Gasteiger partial charge in [-0.25, -0.2) is 9.59 Å². The van der Waals surface area contributed by atoms with Crippen LogP contribution in [0.15, 0.2) is 59.4 Å². The predicted octanol–water partition coefficient (Wildman–Crippen LogP) is 3.92. The molecule has 3 N–H and O–H groups in total. The van der Waals surface area contributed by atoms with Crippen molar-refractivity contribution < 1.29 is 24.0 Å². The van der Waals surface area contributed by atoms with Gasteiger partial charge in [-0.3, -0.25) is 4.98 Å². The Morgan fingerprint density at radius 3 is 2.48 bits per heavy atom. The molecule has 3 heterocycles. The van der Waals surface area contributed by atoms with Gasteiger partial charge in [0.15, 0.2) is 5.76 Å². The van der Waals surface area contributed by atoms with Crippen molar-refractivity contribution in [1.29, 1.82) is 0 Å². The van der Waals surface area contributed by atoms with E-state index in [0.717, 1.165) is 5.56 Å². The molecule has 9 nitrogen and oxygen atoms in total. The number of benzene rings is 1. The molecule has 3 aromatic rings. The average molecular weight is 473 g/mol. The second-order valence-corrected chi connectivity index (χ2v) is 7.70. The van der Waals surface area contributed by atoms with Crippen LogP contribution in [-0.2, 0) is 10.3 Å². The molecular weight excluding hydrogens is 448 g/mol. The standard InChI is InChI=1S/C23H24N4O5.ClH/c1-15(20-18(21(28)29)19(27-32-20)16-6-5-11-24-14-16)25-22(30)26-23(9-12-31-13-10-23)17-7-3-2-4-8-17;/h2-8,11,14-15H,9-10,12-13H2,1H3,(H,28,29)(H2,25,26,30);1H/t15-;/m1./s1. The summed E-state index contributed by atoms with van der Waals surface area (Å²) in [6, 6.07) is 12.0. The van der Waals surface area contributed by atoms with Gasteiger partial charge in [0.2, 0.25) is 0 Å². The Morgan fingerprint density at radius 2 is 1.85 bits per heavy atom. The number of aromatic nitrogens is 2. The van der Waals surface area contributed by atoms with Crippen LogP contribution in [0.3, 0.4) is 0 Å². The molecule has 1 aliphatic rings. The molecule has 174 valence electrons. The number of carboxylic acid groups (broad SMARTS) is 1. The molecule has 0 unspecified atom stereocenters. The summed E-state index contributed by atoms with van der Waals surface area (Å²) in [4.78, 5) is 28.9. The van der Waals surface area contributed by atoms with Gasteiger partial charge < -0.3 is 25.0 Å². The lowest BCUT2D eigenvalue weighted by atomic mass is 9.83. The number of carbonyl (C=O) groups excluding carboxylic acids is 1. The van der Waals surface area contributed by atoms with E-state index in [2.05, 4.69) is 20.8 Å². The topological polar surface area (TPSA) is 127 Å². The van der Waals surface area contributed by atoms with Crippen LogP contribution in [0.5, 0.6) is 0 Å². The van der Waals surface area contributed by atoms with Crippen molar-refractivity contribution in [3.05, 3.63) is 71.7 Å². The van der Waals surface area contributed by atoms with E-state index in [0.29, 0.717) is 31.6 Å². The highest BCUT2D eigenvalue weighted by Crippen LogP contribution is 2.33. The first-order valence-electron chi connectivity index (χ1n) is 10.4. The fourth-order valence-corrected chi connectivity index (χ4v) is 3.98. The molecule has 0 saturated carbocycles. The van der Waals surface area contributed by atoms with Crippen LogP contribution >= 0.6 is 12.4 Å². The Hall–Kier alpha value is -3.43. The van der Waals surface area contributed by atoms with Crippen molar-refractivity contribution in [2.24, 2.45) is 0 Å². The molecule has 1 fully saturated rings. The Morgan fingerprint density at radius 1 is 1.12 bits per heavy atom. The van der Waals surface area contributed by atoms with Gasteiger partial charge in [-0.2, -0.15) is 0 Å². The van der Waals surface area contributed by atoms with Crippen molar-refractivity contribution in [1.82, 2.24) is 20.8 Å². The van der Waals surface area contributed by atoms with Crippen molar-refractivity contribution in [2.75, 3.05) is 13.2 Å². The van der Waals surface area contributed by atoms with Crippen molar-refractivity contribution in [2.45, 2.75) is 31.3 Å². The third-order valence-electron chi connectivity index (χ3n) is 5.63. The van der Waals surface area contributed by atoms with Crippen LogP contribution in [0.4, 0.5) is 4.79 Å². The van der Waals surface area contributed by atoms with Gasteiger partial charge in [0, 0.05) is 31.2 Å². The second kappa shape index (κ2) is 10.5. The number of urea groups is 1. The van der Waals surface area contributed by atoms with Gasteiger partial charge in [-0.15, -0.1) is 12.4 Å². The minimum absolute atomic E-state index is 0. The van der Waals surface area contributed by atoms with Crippen LogP contribution in [-0.4, -0.2) is 40.5 Å². The summed E-state index contributed by atoms with van der Waals surface area (Å²) in [5, 5.41) is 19.6. The first-order chi connectivity index (χ1) is 15.5. The molecule has 10 heteroatoms. The maximum absolute atomic E-state index is 12.9. The van der Waals surface area contributed by atoms with E-state index >= 15 is 0 Å². The molecule has 2 amide bonds. The molecule has 0 aliphatic carbocycles. The van der Waals surface area contributed by atoms with E-state index in [1.54, 1.807) is 25.3 Å². The normalized spacial score (nSPS) is 15.7. The number of carbonyl (C=O) groups is 2. The molecule has 0 spiro atoms. The zero-order chi connectivity index (χ0) is 22.6. The predicted molar refractivity (Wildman–Crippen MR) is 122 cm³/mol. The summed E-state index contributed by atoms with van der Waals surface area (Å²) in [7, 11) is 0. The maximum Gasteiger partial charge on any atom is 0.341 e. The molecular formula is C23H25ClN4O5. The van der Waals surface area contributed by atoms with Gasteiger partial charge >= 0.3 is 12.0 Å². The number of ether oxygens (including phenoxy) is 1. The number of hydrogen-bond donors (Lipinski definition) is 3. The van der Waals surface area contributed by atoms with E-state index in [1.807, 2.05) is 30.3 Å². The maximum atomic E-state index is 12.9. The highest BCUT2D eigenvalue weighted by molar-refractivity contribution is 5.96. The zero-order valence-electron chi connectivity index (χ0n) is 18.0. The molecule has 1 atom stereocenters. The lowest BCUT2D eigenvalue weighted by Gasteiger charge is -2.38. The summed E-state index contributed by atoms with van der Waals surface area (Å²) in [5.41, 5.74) is 1.01. The Balaban J connectivity index is 0.00000306. The van der Waals surface area contributed by atoms with Crippen LogP contribution in [0, 0.1) is 0 Å². The number of pyridine rings is 1. The number of hydrogen-bond acceptors (Lipinski definition) is 6. The largest absolute Gasteiger partial charge is 0.477 e. The van der Waals surface area contributed by atoms with Gasteiger partial charge in [0.25, 0.3) is 0 Å². The molecule has 1 saturated heterocycles. The van der Waals surface area contributed by atoms with E-state index in [-0.39, 0.29) is 29.4 Å². The quantitative estimate of drug-likeness (QED) is 0.496. The molecule has 1 aromatic carbocycles. The number of rotatable bonds is 6. The summed E-state index contributed by atoms with van der Waals surface area (Å²) in [6.45, 7) is 2.72. The van der Waals surface area contributed by atoms with E-state index in [9.17, 15) is 14.7 Å². The monoisotopic (exact) mass is 472 g/mol. The minimum atomic E-state index is -1.20. The molecule has 33 heavy (non-hydrogen) atoms. The number of halogens is 1. The Kier molecular flexibility index (Phi) is 7.67. The van der Waals surface area contributed by atoms with E-state index < -0.39 is 23.6 Å². The first kappa shape index (κ1) is 24.2. The van der Waals surface area contributed by atoms with Gasteiger partial charge in [-0.1, -0.05) is 35.5 Å². The van der Waals surface area contributed by atoms with Gasteiger partial charge in [0.05, 0.1) is 11.6 Å². The highest BCUT2D eigenvalue weighted by Gasteiger charge is 2.37. The van der Waals surface area contributed by atoms with Crippen LogP contribution in [0.25, 0.3) is 11.3 Å². The lowest BCUT2D eigenvalue weighted by molar-refractivity contribution is 0.0407. The van der Waals surface area contributed by atoms with Crippen molar-refractivity contribution >= 4 is 24.4 Å². The minimum Gasteiger partial charge on any atom is -0.477 e. The number of nitrogens with one attached hydrogen (secondary N) is 2. The fraction of sp³-hybridized carbons (Fsp3) is 0.304. The number of carboxylic acids is 1. The first-order valence-corrected chi connectivity index (χ1v) is 10.4. The average Bonchev–Trinajstić information content (AvgIpc) is 3.27. The SMILES string of the molecule is C[C@@H](NC(=O)NC1(c2ccccc2)CCOCC1)c1onc(-c2cccnc2)c1C(=O)O.Cl. The van der Waals surface area contributed by atoms with Crippen molar-refractivity contribution in [3.8, 4) is 11.3 Å². The van der Waals surface area contributed by atoms with Crippen LogP contribution < -0.4 is 10.6 Å². The van der Waals surface area contributed by atoms with Crippen molar-refractivity contribution in [3.63, 3.8) is 0 Å². The van der Waals surface area contributed by atoms with E-state index in [4.69, 9.17) is 9.26 Å². The smallest absolute Gasteiger partial charge is 0.341 e. The number of aromatic carboxylic acids is 1. The third kappa shape index (κ3) is 5.15. The Labute approximate surface area is 196 Å². The summed E-state index contributed by atoms with van der Waals surface area (Å²) in [6.07, 6.45) is 4.35. The summed E-state index contributed by atoms with van der Waals surface area (Å²) >= 11 is 0. The zero-order valence-corrected chi connectivity index (χ0v) is 18.8. The van der Waals surface area contributed by atoms with Gasteiger partial charge in [-0.05, 0) is 37.5 Å². The number of nitrogens with zero attached hydrogens (tertiary/aromatic N) is 2. The molecule has 0 radical (unpaired) electrons. The molecule has 2 aromatic heterocycles. The van der Waals surface area contributed by atoms with Crippen LogP contribution in [0.2, 0.25) is 0 Å². The third-order valence-corrected chi connectivity index (χ3v) is 5.63. The second-order valence-electron chi connectivity index (χ2n) is 7.70. The molecule has 4 rings (SSSR count). The van der Waals surface area contributed by atoms with E-state index in [1.165, 1.54) is 6.20 Å². The van der Waals surface area contributed by atoms with Gasteiger partial charge in [0.1, 0.15) is 11.3 Å². The Bertz CT molecular complexity index is 1080. The fourth-order valence-electron chi connectivity index (χ4n) is 3.98. The summed E-state index contributed by atoms with van der Waals surface area (Å²) < 4.78 is 10.9. The molecule has 1 aliphatic heterocycles. The lowest BCUT2D eigenvalue weighted by Crippen LogP contribution is -2.53. The molecule has 0 bridgehead atoms. The summed E-state index contributed by atoms with van der Waals surface area (Å²) in [5.74, 6) is -1.13. The number of amides is 2. The highest BCUT2D eigenvalue weighted by atomic mass is 35.5.